The summed E-state index contributed by atoms with van der Waals surface area (Å²) < 4.78 is 0. The molecule has 1 aliphatic rings. The molecule has 2 aromatic rings. The zero-order valence-corrected chi connectivity index (χ0v) is 13.3. The van der Waals surface area contributed by atoms with E-state index in [0.29, 0.717) is 0 Å². The molecular formula is C21H23N. The van der Waals surface area contributed by atoms with Gasteiger partial charge in [0.2, 0.25) is 0 Å². The Morgan fingerprint density at radius 2 is 1.68 bits per heavy atom. The molecule has 1 heteroatoms. The van der Waals surface area contributed by atoms with Crippen LogP contribution in [0.4, 0.5) is 0 Å². The van der Waals surface area contributed by atoms with Gasteiger partial charge < -0.3 is 0 Å². The van der Waals surface area contributed by atoms with E-state index in [9.17, 15) is 0 Å². The Kier molecular flexibility index (Phi) is 4.93. The minimum atomic E-state index is 0.209. The largest absolute Gasteiger partial charge is 0.286 e. The van der Waals surface area contributed by atoms with Gasteiger partial charge in [0.05, 0.1) is 6.04 Å². The molecule has 1 saturated heterocycles. The number of rotatable bonds is 2. The predicted molar refractivity (Wildman–Crippen MR) is 92.7 cm³/mol. The molecule has 1 nitrogen and oxygen atoms in total. The maximum atomic E-state index is 3.53. The van der Waals surface area contributed by atoms with Crippen molar-refractivity contribution >= 4 is 0 Å². The summed E-state index contributed by atoms with van der Waals surface area (Å²) in [4.78, 5) is 2.54. The zero-order valence-electron chi connectivity index (χ0n) is 13.3. The first-order valence-corrected chi connectivity index (χ1v) is 8.20. The highest BCUT2D eigenvalue weighted by atomic mass is 15.2. The van der Waals surface area contributed by atoms with Crippen molar-refractivity contribution in [3.8, 4) is 11.8 Å². The fourth-order valence-corrected chi connectivity index (χ4v) is 3.08. The molecule has 1 atom stereocenters. The number of piperidine rings is 1. The molecule has 22 heavy (non-hydrogen) atoms. The van der Waals surface area contributed by atoms with Crippen molar-refractivity contribution in [1.29, 1.82) is 0 Å². The second kappa shape index (κ2) is 7.29. The lowest BCUT2D eigenvalue weighted by Gasteiger charge is -2.32. The lowest BCUT2D eigenvalue weighted by molar-refractivity contribution is 0.197. The van der Waals surface area contributed by atoms with Crippen LogP contribution in [-0.4, -0.2) is 18.0 Å². The molecule has 0 radical (unpaired) electrons. The quantitative estimate of drug-likeness (QED) is 0.732. The van der Waals surface area contributed by atoms with E-state index in [0.717, 1.165) is 18.7 Å². The van der Waals surface area contributed by atoms with Gasteiger partial charge in [0.15, 0.2) is 0 Å². The molecule has 2 aromatic carbocycles. The summed E-state index contributed by atoms with van der Waals surface area (Å²) in [6.07, 6.45) is 3.92. The fraction of sp³-hybridized carbons (Fsp3) is 0.333. The smallest absolute Gasteiger partial charge is 0.0974 e. The Morgan fingerprint density at radius 1 is 0.909 bits per heavy atom. The maximum absolute atomic E-state index is 3.53. The summed E-state index contributed by atoms with van der Waals surface area (Å²) in [7, 11) is 0. The molecule has 0 spiro atoms. The van der Waals surface area contributed by atoms with Crippen molar-refractivity contribution in [1.82, 2.24) is 4.90 Å². The first kappa shape index (κ1) is 14.9. The molecule has 1 unspecified atom stereocenters. The summed E-state index contributed by atoms with van der Waals surface area (Å²) in [5.74, 6) is 6.89. The lowest BCUT2D eigenvalue weighted by Crippen LogP contribution is -2.33. The van der Waals surface area contributed by atoms with Gasteiger partial charge in [0, 0.05) is 5.56 Å². The summed E-state index contributed by atoms with van der Waals surface area (Å²) in [6.45, 7) is 4.46. The van der Waals surface area contributed by atoms with Gasteiger partial charge in [-0.15, -0.1) is 0 Å². The van der Waals surface area contributed by atoms with Gasteiger partial charge in [0.1, 0.15) is 0 Å². The Hall–Kier alpha value is -2.04. The van der Waals surface area contributed by atoms with Crippen molar-refractivity contribution in [2.45, 2.75) is 32.2 Å². The highest BCUT2D eigenvalue weighted by Crippen LogP contribution is 2.24. The van der Waals surface area contributed by atoms with Gasteiger partial charge in [-0.3, -0.25) is 4.90 Å². The van der Waals surface area contributed by atoms with E-state index in [-0.39, 0.29) is 6.04 Å². The molecule has 1 heterocycles. The van der Waals surface area contributed by atoms with Crippen molar-refractivity contribution < 1.29 is 0 Å². The first-order valence-electron chi connectivity index (χ1n) is 8.20. The van der Waals surface area contributed by atoms with Gasteiger partial charge in [-0.1, -0.05) is 66.3 Å². The monoisotopic (exact) mass is 289 g/mol. The van der Waals surface area contributed by atoms with E-state index < -0.39 is 0 Å². The highest BCUT2D eigenvalue weighted by Gasteiger charge is 2.20. The van der Waals surface area contributed by atoms with Crippen molar-refractivity contribution in [3.63, 3.8) is 0 Å². The molecule has 0 amide bonds. The molecule has 0 saturated carbocycles. The topological polar surface area (TPSA) is 3.24 Å². The molecule has 0 bridgehead atoms. The predicted octanol–water partition coefficient (Wildman–Crippen LogP) is 4.57. The van der Waals surface area contributed by atoms with Gasteiger partial charge in [-0.2, -0.15) is 0 Å². The van der Waals surface area contributed by atoms with Crippen molar-refractivity contribution in [2.24, 2.45) is 0 Å². The molecule has 0 aromatic heterocycles. The van der Waals surface area contributed by atoms with Gasteiger partial charge in [-0.25, -0.2) is 0 Å². The lowest BCUT2D eigenvalue weighted by atomic mass is 10.00. The van der Waals surface area contributed by atoms with E-state index >= 15 is 0 Å². The molecule has 112 valence electrons. The average molecular weight is 289 g/mol. The van der Waals surface area contributed by atoms with E-state index in [1.54, 1.807) is 0 Å². The molecule has 1 fully saturated rings. The van der Waals surface area contributed by atoms with Gasteiger partial charge >= 0.3 is 0 Å². The van der Waals surface area contributed by atoms with Crippen LogP contribution in [0.2, 0.25) is 0 Å². The van der Waals surface area contributed by atoms with Crippen LogP contribution in [0.3, 0.4) is 0 Å². The molecule has 0 N–H and O–H groups in total. The van der Waals surface area contributed by atoms with Crippen LogP contribution < -0.4 is 0 Å². The zero-order chi connectivity index (χ0) is 15.2. The fourth-order valence-electron chi connectivity index (χ4n) is 3.08. The summed E-state index contributed by atoms with van der Waals surface area (Å²) >= 11 is 0. The highest BCUT2D eigenvalue weighted by molar-refractivity contribution is 5.38. The number of benzene rings is 2. The third-order valence-corrected chi connectivity index (χ3v) is 4.24. The SMILES string of the molecule is Cc1cccc(C(C#Cc2ccccc2)N2CCCCC2)c1. The first-order chi connectivity index (χ1) is 10.8. The Morgan fingerprint density at radius 3 is 2.41 bits per heavy atom. The Balaban J connectivity index is 1.91. The maximum Gasteiger partial charge on any atom is 0.0974 e. The number of aryl methyl sites for hydroxylation is 1. The van der Waals surface area contributed by atoms with E-state index in [1.165, 1.54) is 30.4 Å². The van der Waals surface area contributed by atoms with Crippen LogP contribution in [-0.2, 0) is 0 Å². The van der Waals surface area contributed by atoms with Gasteiger partial charge in [-0.05, 0) is 50.6 Å². The minimum absolute atomic E-state index is 0.209. The summed E-state index contributed by atoms with van der Waals surface area (Å²) in [6, 6.07) is 19.3. The van der Waals surface area contributed by atoms with Crippen molar-refractivity contribution in [3.05, 3.63) is 71.3 Å². The summed E-state index contributed by atoms with van der Waals surface area (Å²) in [5.41, 5.74) is 3.73. The second-order valence-corrected chi connectivity index (χ2v) is 6.05. The molecular weight excluding hydrogens is 266 g/mol. The van der Waals surface area contributed by atoms with Crippen LogP contribution in [0.15, 0.2) is 54.6 Å². The van der Waals surface area contributed by atoms with Gasteiger partial charge in [0.25, 0.3) is 0 Å². The third-order valence-electron chi connectivity index (χ3n) is 4.24. The van der Waals surface area contributed by atoms with Crippen LogP contribution in [0.1, 0.15) is 42.0 Å². The van der Waals surface area contributed by atoms with Crippen LogP contribution in [0.25, 0.3) is 0 Å². The van der Waals surface area contributed by atoms with Crippen LogP contribution in [0.5, 0.6) is 0 Å². The standard InChI is InChI=1S/C21H23N/c1-18-9-8-12-20(17-18)21(22-15-6-3-7-16-22)14-13-19-10-4-2-5-11-19/h2,4-5,8-12,17,21H,3,6-7,15-16H2,1H3. The third kappa shape index (κ3) is 3.78. The Labute approximate surface area is 134 Å². The number of nitrogens with zero attached hydrogens (tertiary/aromatic N) is 1. The summed E-state index contributed by atoms with van der Waals surface area (Å²) in [5, 5.41) is 0. The molecule has 3 rings (SSSR count). The number of likely N-dealkylation sites (tertiary alicyclic amines) is 1. The van der Waals surface area contributed by atoms with E-state index in [4.69, 9.17) is 0 Å². The molecule has 0 aliphatic carbocycles. The Bertz CT molecular complexity index is 657. The van der Waals surface area contributed by atoms with Crippen molar-refractivity contribution in [2.75, 3.05) is 13.1 Å². The normalized spacial score (nSPS) is 16.6. The number of hydrogen-bond acceptors (Lipinski definition) is 1. The average Bonchev–Trinajstić information content (AvgIpc) is 2.57. The minimum Gasteiger partial charge on any atom is -0.286 e. The number of hydrogen-bond donors (Lipinski definition) is 0. The molecule has 1 aliphatic heterocycles. The van der Waals surface area contributed by atoms with E-state index in [2.05, 4.69) is 60.1 Å². The van der Waals surface area contributed by atoms with Crippen LogP contribution in [0, 0.1) is 18.8 Å². The second-order valence-electron chi connectivity index (χ2n) is 6.05. The van der Waals surface area contributed by atoms with E-state index in [1.807, 2.05) is 18.2 Å². The van der Waals surface area contributed by atoms with Crippen LogP contribution >= 0.6 is 0 Å².